The Morgan fingerprint density at radius 1 is 1.70 bits per heavy atom. The van der Waals surface area contributed by atoms with Gasteiger partial charge in [0.15, 0.2) is 0 Å². The van der Waals surface area contributed by atoms with Gasteiger partial charge in [-0.25, -0.2) is 0 Å². The highest BCUT2D eigenvalue weighted by Crippen LogP contribution is 2.15. The van der Waals surface area contributed by atoms with E-state index < -0.39 is 6.10 Å². The van der Waals surface area contributed by atoms with Gasteiger partial charge in [-0.2, -0.15) is 17.0 Å². The SMILES string of the molecule is CCC(CC(O)C#N)SC. The quantitative estimate of drug-likeness (QED) is 0.631. The number of thioether (sulfide) groups is 1. The summed E-state index contributed by atoms with van der Waals surface area (Å²) in [7, 11) is 0. The first kappa shape index (κ1) is 9.80. The van der Waals surface area contributed by atoms with Crippen molar-refractivity contribution in [2.45, 2.75) is 31.1 Å². The van der Waals surface area contributed by atoms with Crippen LogP contribution >= 0.6 is 11.8 Å². The molecule has 0 fully saturated rings. The van der Waals surface area contributed by atoms with E-state index in [0.29, 0.717) is 11.7 Å². The van der Waals surface area contributed by atoms with Crippen LogP contribution in [0.15, 0.2) is 0 Å². The first-order valence-corrected chi connectivity index (χ1v) is 4.63. The van der Waals surface area contributed by atoms with Gasteiger partial charge in [-0.3, -0.25) is 0 Å². The molecule has 58 valence electrons. The monoisotopic (exact) mass is 159 g/mol. The van der Waals surface area contributed by atoms with Crippen molar-refractivity contribution < 1.29 is 5.11 Å². The van der Waals surface area contributed by atoms with Crippen molar-refractivity contribution in [3.63, 3.8) is 0 Å². The van der Waals surface area contributed by atoms with Crippen molar-refractivity contribution in [2.24, 2.45) is 0 Å². The van der Waals surface area contributed by atoms with Crippen LogP contribution in [-0.4, -0.2) is 22.7 Å². The van der Waals surface area contributed by atoms with Crippen LogP contribution in [0.4, 0.5) is 0 Å². The van der Waals surface area contributed by atoms with Crippen LogP contribution in [0.3, 0.4) is 0 Å². The number of hydrogen-bond donors (Lipinski definition) is 1. The summed E-state index contributed by atoms with van der Waals surface area (Å²) in [6.07, 6.45) is 2.82. The third-order valence-corrected chi connectivity index (χ3v) is 2.62. The Hall–Kier alpha value is -0.200. The van der Waals surface area contributed by atoms with Crippen molar-refractivity contribution in [3.05, 3.63) is 0 Å². The first-order valence-electron chi connectivity index (χ1n) is 3.35. The summed E-state index contributed by atoms with van der Waals surface area (Å²) in [5.41, 5.74) is 0. The second-order valence-electron chi connectivity index (χ2n) is 2.15. The molecule has 1 N–H and O–H groups in total. The van der Waals surface area contributed by atoms with Gasteiger partial charge in [0, 0.05) is 5.25 Å². The van der Waals surface area contributed by atoms with Crippen LogP contribution in [-0.2, 0) is 0 Å². The van der Waals surface area contributed by atoms with Gasteiger partial charge in [0.05, 0.1) is 6.07 Å². The van der Waals surface area contributed by atoms with E-state index in [1.165, 1.54) is 0 Å². The Labute approximate surface area is 66.2 Å². The molecule has 0 aromatic rings. The molecule has 0 rings (SSSR count). The zero-order valence-electron chi connectivity index (χ0n) is 6.37. The van der Waals surface area contributed by atoms with Gasteiger partial charge in [0.1, 0.15) is 6.10 Å². The third kappa shape index (κ3) is 3.76. The van der Waals surface area contributed by atoms with Gasteiger partial charge in [-0.05, 0) is 19.1 Å². The van der Waals surface area contributed by atoms with E-state index in [1.54, 1.807) is 17.8 Å². The molecule has 3 heteroatoms. The predicted octanol–water partition coefficient (Wildman–Crippen LogP) is 1.40. The zero-order valence-corrected chi connectivity index (χ0v) is 7.19. The van der Waals surface area contributed by atoms with Crippen LogP contribution in [0.5, 0.6) is 0 Å². The number of aliphatic hydroxyl groups is 1. The van der Waals surface area contributed by atoms with Crippen molar-refractivity contribution >= 4 is 11.8 Å². The summed E-state index contributed by atoms with van der Waals surface area (Å²) in [6.45, 7) is 2.06. The molecule has 0 aliphatic carbocycles. The maximum Gasteiger partial charge on any atom is 0.141 e. The average Bonchev–Trinajstić information content (AvgIpc) is 1.99. The van der Waals surface area contributed by atoms with Gasteiger partial charge >= 0.3 is 0 Å². The molecule has 0 amide bonds. The molecular formula is C7H13NOS. The fraction of sp³-hybridized carbons (Fsp3) is 0.857. The van der Waals surface area contributed by atoms with Crippen molar-refractivity contribution in [1.82, 2.24) is 0 Å². The fourth-order valence-corrected chi connectivity index (χ4v) is 1.44. The lowest BCUT2D eigenvalue weighted by Gasteiger charge is -2.11. The highest BCUT2D eigenvalue weighted by atomic mass is 32.2. The van der Waals surface area contributed by atoms with Gasteiger partial charge in [0.25, 0.3) is 0 Å². The maximum absolute atomic E-state index is 8.92. The Kier molecular flexibility index (Phi) is 5.46. The molecule has 0 aromatic heterocycles. The minimum absolute atomic E-state index is 0.426. The molecule has 2 atom stereocenters. The topological polar surface area (TPSA) is 44.0 Å². The molecule has 0 bridgehead atoms. The van der Waals surface area contributed by atoms with Crippen LogP contribution in [0.25, 0.3) is 0 Å². The maximum atomic E-state index is 8.92. The molecule has 0 spiro atoms. The molecule has 0 saturated heterocycles. The summed E-state index contributed by atoms with van der Waals surface area (Å²) < 4.78 is 0. The van der Waals surface area contributed by atoms with Crippen LogP contribution in [0.2, 0.25) is 0 Å². The van der Waals surface area contributed by atoms with Crippen LogP contribution in [0, 0.1) is 11.3 Å². The molecule has 0 radical (unpaired) electrons. The third-order valence-electron chi connectivity index (χ3n) is 1.42. The zero-order chi connectivity index (χ0) is 7.98. The van der Waals surface area contributed by atoms with E-state index in [1.807, 2.05) is 6.26 Å². The molecule has 2 nitrogen and oxygen atoms in total. The summed E-state index contributed by atoms with van der Waals surface area (Å²) in [5.74, 6) is 0. The molecule has 0 aliphatic heterocycles. The first-order chi connectivity index (χ1) is 4.74. The molecular weight excluding hydrogens is 146 g/mol. The van der Waals surface area contributed by atoms with Crippen LogP contribution < -0.4 is 0 Å². The Balaban J connectivity index is 3.54. The number of rotatable bonds is 4. The van der Waals surface area contributed by atoms with Crippen LogP contribution in [0.1, 0.15) is 19.8 Å². The molecule has 0 saturated carbocycles. The number of hydrogen-bond acceptors (Lipinski definition) is 3. The largest absolute Gasteiger partial charge is 0.378 e. The van der Waals surface area contributed by atoms with E-state index in [-0.39, 0.29) is 0 Å². The van der Waals surface area contributed by atoms with Gasteiger partial charge < -0.3 is 5.11 Å². The van der Waals surface area contributed by atoms with E-state index in [4.69, 9.17) is 10.4 Å². The lowest BCUT2D eigenvalue weighted by atomic mass is 10.2. The minimum atomic E-state index is -0.780. The molecule has 10 heavy (non-hydrogen) atoms. The van der Waals surface area contributed by atoms with Crippen molar-refractivity contribution in [3.8, 4) is 6.07 Å². The summed E-state index contributed by atoms with van der Waals surface area (Å²) in [6, 6.07) is 1.81. The molecule has 2 unspecified atom stereocenters. The van der Waals surface area contributed by atoms with Gasteiger partial charge in [0.2, 0.25) is 0 Å². The summed E-state index contributed by atoms with van der Waals surface area (Å²) in [4.78, 5) is 0. The second-order valence-corrected chi connectivity index (χ2v) is 3.28. The molecule has 0 aliphatic rings. The Morgan fingerprint density at radius 3 is 2.60 bits per heavy atom. The van der Waals surface area contributed by atoms with E-state index in [2.05, 4.69) is 6.92 Å². The molecule has 0 aromatic carbocycles. The van der Waals surface area contributed by atoms with Crippen molar-refractivity contribution in [1.29, 1.82) is 5.26 Å². The van der Waals surface area contributed by atoms with Gasteiger partial charge in [-0.15, -0.1) is 0 Å². The fourth-order valence-electron chi connectivity index (χ4n) is 0.731. The Morgan fingerprint density at radius 2 is 2.30 bits per heavy atom. The molecule has 0 heterocycles. The predicted molar refractivity (Wildman–Crippen MR) is 43.8 cm³/mol. The smallest absolute Gasteiger partial charge is 0.141 e. The summed E-state index contributed by atoms with van der Waals surface area (Å²) in [5, 5.41) is 17.6. The normalized spacial score (nSPS) is 15.8. The lowest BCUT2D eigenvalue weighted by molar-refractivity contribution is 0.218. The lowest BCUT2D eigenvalue weighted by Crippen LogP contribution is -2.12. The standard InChI is InChI=1S/C7H13NOS/c1-3-7(10-2)4-6(9)5-8/h6-7,9H,3-4H2,1-2H3. The van der Waals surface area contributed by atoms with E-state index in [0.717, 1.165) is 6.42 Å². The Bertz CT molecular complexity index is 117. The highest BCUT2D eigenvalue weighted by Gasteiger charge is 2.09. The van der Waals surface area contributed by atoms with Gasteiger partial charge in [-0.1, -0.05) is 6.92 Å². The second kappa shape index (κ2) is 5.57. The number of nitriles is 1. The minimum Gasteiger partial charge on any atom is -0.378 e. The average molecular weight is 159 g/mol. The number of aliphatic hydroxyl groups excluding tert-OH is 1. The van der Waals surface area contributed by atoms with E-state index in [9.17, 15) is 0 Å². The van der Waals surface area contributed by atoms with E-state index >= 15 is 0 Å². The number of nitrogens with zero attached hydrogens (tertiary/aromatic N) is 1. The summed E-state index contributed by atoms with van der Waals surface area (Å²) >= 11 is 1.70. The van der Waals surface area contributed by atoms with Crippen molar-refractivity contribution in [2.75, 3.05) is 6.26 Å². The highest BCUT2D eigenvalue weighted by molar-refractivity contribution is 7.99.